The Morgan fingerprint density at radius 2 is 0.469 bits per heavy atom. The van der Waals surface area contributed by atoms with Crippen LogP contribution in [0.4, 0.5) is 0 Å². The Balaban J connectivity index is 5.23. The number of rotatable bonds is 78. The van der Waals surface area contributed by atoms with Gasteiger partial charge in [-0.25, -0.2) is 9.13 Å². The Kier molecular flexibility index (Phi) is 69.3. The molecule has 0 spiro atoms. The summed E-state index contributed by atoms with van der Waals surface area (Å²) in [4.78, 5) is 72.9. The first-order chi connectivity index (χ1) is 47.4. The smallest absolute Gasteiger partial charge is 0.462 e. The standard InChI is InChI=1S/C79H154O17P2/c1-7-9-11-13-15-17-18-19-20-28-33-39-45-51-57-63-78(83)95-74(67-89-76(81)61-55-49-43-35-16-14-12-10-8-2)69-93-97(85,86)91-65-73(80)66-92-98(87,88)94-70-75(96-79(84)64-58-52-46-40-34-29-24-22-26-31-37-42-48-54-60-72(5)6)68-90-77(82)62-56-50-44-38-32-27-23-21-25-30-36-41-47-53-59-71(3)4/h71-75,80H,7-70H2,1-6H3,(H,85,86)(H,87,88)/t73-,74+,75+/m0/s1. The van der Waals surface area contributed by atoms with Gasteiger partial charge in [-0.2, -0.15) is 0 Å². The Hall–Kier alpha value is -1.94. The maximum Gasteiger partial charge on any atom is 0.472 e. The van der Waals surface area contributed by atoms with Crippen molar-refractivity contribution >= 4 is 39.5 Å². The van der Waals surface area contributed by atoms with Gasteiger partial charge >= 0.3 is 39.5 Å². The summed E-state index contributed by atoms with van der Waals surface area (Å²) in [6.07, 6.45) is 59.5. The van der Waals surface area contributed by atoms with Gasteiger partial charge in [0, 0.05) is 25.7 Å². The Labute approximate surface area is 600 Å². The second kappa shape index (κ2) is 70.7. The number of unbranched alkanes of at least 4 members (excludes halogenated alkanes) is 48. The van der Waals surface area contributed by atoms with Crippen molar-refractivity contribution in [2.75, 3.05) is 39.6 Å². The van der Waals surface area contributed by atoms with Crippen molar-refractivity contribution < 1.29 is 80.2 Å². The molecule has 3 N–H and O–H groups in total. The number of carbonyl (C=O) groups is 4. The van der Waals surface area contributed by atoms with Crippen LogP contribution in [0.25, 0.3) is 0 Å². The van der Waals surface area contributed by atoms with Gasteiger partial charge in [0.25, 0.3) is 0 Å². The third-order valence-electron chi connectivity index (χ3n) is 18.5. The maximum atomic E-state index is 13.1. The summed E-state index contributed by atoms with van der Waals surface area (Å²) in [6, 6.07) is 0. The topological polar surface area (TPSA) is 237 Å². The van der Waals surface area contributed by atoms with Crippen molar-refractivity contribution in [1.82, 2.24) is 0 Å². The van der Waals surface area contributed by atoms with Crippen molar-refractivity contribution in [2.24, 2.45) is 11.8 Å². The molecule has 98 heavy (non-hydrogen) atoms. The van der Waals surface area contributed by atoms with Crippen LogP contribution in [0, 0.1) is 11.8 Å². The summed E-state index contributed by atoms with van der Waals surface area (Å²) in [5.41, 5.74) is 0. The molecule has 19 heteroatoms. The molecule has 5 atom stereocenters. The largest absolute Gasteiger partial charge is 0.472 e. The number of aliphatic hydroxyl groups is 1. The minimum atomic E-state index is -4.96. The van der Waals surface area contributed by atoms with E-state index in [-0.39, 0.29) is 25.7 Å². The number of aliphatic hydroxyl groups excluding tert-OH is 1. The van der Waals surface area contributed by atoms with Gasteiger partial charge in [0.2, 0.25) is 0 Å². The van der Waals surface area contributed by atoms with E-state index in [0.29, 0.717) is 25.7 Å². The summed E-state index contributed by atoms with van der Waals surface area (Å²) in [6.45, 7) is 9.66. The lowest BCUT2D eigenvalue weighted by Gasteiger charge is -2.21. The highest BCUT2D eigenvalue weighted by atomic mass is 31.2. The second-order valence-corrected chi connectivity index (χ2v) is 32.3. The summed E-state index contributed by atoms with van der Waals surface area (Å²) < 4.78 is 68.6. The quantitative estimate of drug-likeness (QED) is 0.0222. The lowest BCUT2D eigenvalue weighted by Crippen LogP contribution is -2.30. The van der Waals surface area contributed by atoms with E-state index in [1.54, 1.807) is 0 Å². The molecule has 0 aliphatic heterocycles. The Morgan fingerprint density at radius 1 is 0.276 bits per heavy atom. The highest BCUT2D eigenvalue weighted by molar-refractivity contribution is 7.47. The highest BCUT2D eigenvalue weighted by Gasteiger charge is 2.30. The van der Waals surface area contributed by atoms with Gasteiger partial charge in [0.15, 0.2) is 12.2 Å². The molecule has 0 rings (SSSR count). The predicted molar refractivity (Wildman–Crippen MR) is 400 cm³/mol. The molecular formula is C79H154O17P2. The molecule has 0 aromatic rings. The SMILES string of the molecule is CCCCCCCCCCCCCCCCCC(=O)O[C@H](COC(=O)CCCCCCCCCCC)COP(=O)(O)OC[C@H](O)COP(=O)(O)OC[C@@H](COC(=O)CCCCCCCCCCCCCCCCC(C)C)OC(=O)CCCCCCCCCCCCCCCCC(C)C. The van der Waals surface area contributed by atoms with Crippen LogP contribution in [-0.2, 0) is 65.4 Å². The van der Waals surface area contributed by atoms with Crippen LogP contribution in [0.2, 0.25) is 0 Å². The molecule has 0 aliphatic carbocycles. The molecule has 0 aromatic carbocycles. The summed E-state index contributed by atoms with van der Waals surface area (Å²) in [7, 11) is -9.91. The third kappa shape index (κ3) is 72.4. The first-order valence-electron chi connectivity index (χ1n) is 41.0. The van der Waals surface area contributed by atoms with E-state index >= 15 is 0 Å². The zero-order chi connectivity index (χ0) is 72.1. The molecule has 0 saturated carbocycles. The molecule has 0 saturated heterocycles. The molecule has 582 valence electrons. The molecule has 0 radical (unpaired) electrons. The second-order valence-electron chi connectivity index (χ2n) is 29.4. The average molecular weight is 1440 g/mol. The first-order valence-corrected chi connectivity index (χ1v) is 44.0. The molecular weight excluding hydrogens is 1280 g/mol. The van der Waals surface area contributed by atoms with E-state index in [0.717, 1.165) is 102 Å². The summed E-state index contributed by atoms with van der Waals surface area (Å²) >= 11 is 0. The van der Waals surface area contributed by atoms with Crippen molar-refractivity contribution in [3.63, 3.8) is 0 Å². The van der Waals surface area contributed by atoms with E-state index in [4.69, 9.17) is 37.0 Å². The van der Waals surface area contributed by atoms with Crippen LogP contribution in [0.5, 0.6) is 0 Å². The lowest BCUT2D eigenvalue weighted by atomic mass is 10.0. The zero-order valence-corrected chi connectivity index (χ0v) is 65.9. The number of phosphoric ester groups is 2. The lowest BCUT2D eigenvalue weighted by molar-refractivity contribution is -0.161. The normalized spacial score (nSPS) is 13.9. The van der Waals surface area contributed by atoms with Gasteiger partial charge in [-0.3, -0.25) is 37.3 Å². The van der Waals surface area contributed by atoms with Crippen LogP contribution >= 0.6 is 15.6 Å². The molecule has 0 aliphatic rings. The van der Waals surface area contributed by atoms with E-state index in [1.165, 1.54) is 231 Å². The number of esters is 4. The molecule has 17 nitrogen and oxygen atoms in total. The van der Waals surface area contributed by atoms with Gasteiger partial charge in [-0.05, 0) is 37.5 Å². The van der Waals surface area contributed by atoms with Crippen LogP contribution < -0.4 is 0 Å². The fourth-order valence-corrected chi connectivity index (χ4v) is 13.8. The number of hydrogen-bond donors (Lipinski definition) is 3. The molecule has 0 heterocycles. The average Bonchev–Trinajstić information content (AvgIpc) is 1.02. The van der Waals surface area contributed by atoms with Gasteiger partial charge in [-0.1, -0.05) is 363 Å². The maximum absolute atomic E-state index is 13.1. The van der Waals surface area contributed by atoms with E-state index < -0.39 is 97.5 Å². The van der Waals surface area contributed by atoms with Crippen molar-refractivity contribution in [2.45, 2.75) is 432 Å². The molecule has 0 fully saturated rings. The first kappa shape index (κ1) is 96.1. The van der Waals surface area contributed by atoms with E-state index in [1.807, 2.05) is 0 Å². The van der Waals surface area contributed by atoms with Crippen LogP contribution in [0.1, 0.15) is 414 Å². The highest BCUT2D eigenvalue weighted by Crippen LogP contribution is 2.45. The molecule has 2 unspecified atom stereocenters. The van der Waals surface area contributed by atoms with Gasteiger partial charge in [0.05, 0.1) is 26.4 Å². The Morgan fingerprint density at radius 3 is 0.694 bits per heavy atom. The van der Waals surface area contributed by atoms with Crippen LogP contribution in [-0.4, -0.2) is 96.7 Å². The molecule has 0 bridgehead atoms. The number of ether oxygens (including phenoxy) is 4. The predicted octanol–water partition coefficient (Wildman–Crippen LogP) is 23.5. The fraction of sp³-hybridized carbons (Fsp3) is 0.949. The Bertz CT molecular complexity index is 1890. The van der Waals surface area contributed by atoms with Crippen molar-refractivity contribution in [3.8, 4) is 0 Å². The van der Waals surface area contributed by atoms with Gasteiger partial charge < -0.3 is 33.8 Å². The van der Waals surface area contributed by atoms with Crippen LogP contribution in [0.3, 0.4) is 0 Å². The minimum Gasteiger partial charge on any atom is -0.462 e. The third-order valence-corrected chi connectivity index (χ3v) is 20.4. The van der Waals surface area contributed by atoms with Gasteiger partial charge in [-0.15, -0.1) is 0 Å². The van der Waals surface area contributed by atoms with Gasteiger partial charge in [0.1, 0.15) is 19.3 Å². The molecule has 0 amide bonds. The zero-order valence-electron chi connectivity index (χ0n) is 64.1. The monoisotopic (exact) mass is 1440 g/mol. The van der Waals surface area contributed by atoms with E-state index in [2.05, 4.69) is 41.5 Å². The number of phosphoric acid groups is 2. The van der Waals surface area contributed by atoms with Crippen molar-refractivity contribution in [3.05, 3.63) is 0 Å². The minimum absolute atomic E-state index is 0.108. The van der Waals surface area contributed by atoms with Crippen LogP contribution in [0.15, 0.2) is 0 Å². The van der Waals surface area contributed by atoms with Crippen molar-refractivity contribution in [1.29, 1.82) is 0 Å². The summed E-state index contributed by atoms with van der Waals surface area (Å²) in [5.74, 6) is -0.516. The molecule has 0 aromatic heterocycles. The fourth-order valence-electron chi connectivity index (χ4n) is 12.2. The number of hydrogen-bond acceptors (Lipinski definition) is 15. The summed E-state index contributed by atoms with van der Waals surface area (Å²) in [5, 5.41) is 10.6. The number of carbonyl (C=O) groups excluding carboxylic acids is 4. The van der Waals surface area contributed by atoms with E-state index in [9.17, 15) is 43.2 Å².